The summed E-state index contributed by atoms with van der Waals surface area (Å²) in [6.07, 6.45) is 6.10. The molecule has 2 aliphatic heterocycles. The van der Waals surface area contributed by atoms with Gasteiger partial charge in [-0.05, 0) is 63.3 Å². The molecule has 3 heterocycles. The molecule has 0 aliphatic carbocycles. The number of aromatic nitrogens is 1. The third-order valence-corrected chi connectivity index (χ3v) is 7.01. The van der Waals surface area contributed by atoms with Crippen LogP contribution in [0, 0.1) is 5.92 Å². The van der Waals surface area contributed by atoms with E-state index in [0.717, 1.165) is 55.2 Å². The third kappa shape index (κ3) is 5.84. The lowest BCUT2D eigenvalue weighted by molar-refractivity contribution is 0.0891. The number of fused-ring (bicyclic) bond motifs is 1. The molecular weight excluding hydrogens is 400 g/mol. The summed E-state index contributed by atoms with van der Waals surface area (Å²) in [4.78, 5) is 21.4. The topological polar surface area (TPSA) is 60.6 Å². The number of carbonyl (C=O) groups excluding carboxylic acids is 1. The van der Waals surface area contributed by atoms with E-state index in [1.807, 2.05) is 24.3 Å². The van der Waals surface area contributed by atoms with E-state index in [1.165, 1.54) is 32.4 Å². The summed E-state index contributed by atoms with van der Waals surface area (Å²) in [5.41, 5.74) is 1.56. The van der Waals surface area contributed by atoms with Crippen LogP contribution in [0.3, 0.4) is 0 Å². The summed E-state index contributed by atoms with van der Waals surface area (Å²) in [7, 11) is 0. The number of hydrogen-bond acceptors (Lipinski definition) is 4. The number of ether oxygens (including phenoxy) is 1. The van der Waals surface area contributed by atoms with Gasteiger partial charge in [-0.25, -0.2) is 0 Å². The number of likely N-dealkylation sites (tertiary alicyclic amines) is 2. The van der Waals surface area contributed by atoms with Gasteiger partial charge in [-0.1, -0.05) is 26.3 Å². The van der Waals surface area contributed by atoms with Gasteiger partial charge >= 0.3 is 0 Å². The molecule has 1 aromatic carbocycles. The quantitative estimate of drug-likeness (QED) is 0.644. The van der Waals surface area contributed by atoms with E-state index in [-0.39, 0.29) is 11.9 Å². The minimum absolute atomic E-state index is 0.0170. The number of benzene rings is 1. The molecule has 6 nitrogen and oxygen atoms in total. The van der Waals surface area contributed by atoms with Crippen molar-refractivity contribution in [3.05, 3.63) is 30.0 Å². The Balaban J connectivity index is 1.26. The van der Waals surface area contributed by atoms with Crippen molar-refractivity contribution >= 4 is 16.8 Å². The zero-order valence-corrected chi connectivity index (χ0v) is 20.0. The number of H-pyrrole nitrogens is 1. The van der Waals surface area contributed by atoms with E-state index >= 15 is 0 Å². The summed E-state index contributed by atoms with van der Waals surface area (Å²) in [5, 5.41) is 4.22. The number of hydrogen-bond donors (Lipinski definition) is 2. The van der Waals surface area contributed by atoms with Crippen molar-refractivity contribution in [3.63, 3.8) is 0 Å². The molecule has 176 valence electrons. The van der Waals surface area contributed by atoms with Crippen LogP contribution in [0.2, 0.25) is 0 Å². The Morgan fingerprint density at radius 2 is 1.97 bits per heavy atom. The fourth-order valence-corrected chi connectivity index (χ4v) is 4.96. The minimum Gasteiger partial charge on any atom is -0.493 e. The van der Waals surface area contributed by atoms with Crippen molar-refractivity contribution in [2.45, 2.75) is 65.0 Å². The number of nitrogens with one attached hydrogen (secondary N) is 2. The second-order valence-electron chi connectivity index (χ2n) is 10.1. The van der Waals surface area contributed by atoms with Crippen LogP contribution < -0.4 is 10.1 Å². The molecule has 2 fully saturated rings. The Labute approximate surface area is 192 Å². The third-order valence-electron chi connectivity index (χ3n) is 7.01. The van der Waals surface area contributed by atoms with E-state index in [2.05, 4.69) is 40.9 Å². The highest BCUT2D eigenvalue weighted by atomic mass is 16.5. The molecular formula is C26H40N4O2. The van der Waals surface area contributed by atoms with Crippen LogP contribution in [-0.2, 0) is 0 Å². The number of rotatable bonds is 8. The first-order chi connectivity index (χ1) is 15.5. The van der Waals surface area contributed by atoms with Crippen molar-refractivity contribution in [1.82, 2.24) is 20.1 Å². The molecule has 2 saturated heterocycles. The van der Waals surface area contributed by atoms with E-state index < -0.39 is 0 Å². The van der Waals surface area contributed by atoms with Crippen LogP contribution in [0.4, 0.5) is 0 Å². The van der Waals surface area contributed by atoms with Crippen LogP contribution in [0.5, 0.6) is 5.75 Å². The maximum Gasteiger partial charge on any atom is 0.267 e. The van der Waals surface area contributed by atoms with Gasteiger partial charge in [0.05, 0.1) is 6.61 Å². The van der Waals surface area contributed by atoms with Crippen molar-refractivity contribution < 1.29 is 9.53 Å². The fourth-order valence-electron chi connectivity index (χ4n) is 4.96. The van der Waals surface area contributed by atoms with Crippen molar-refractivity contribution in [2.24, 2.45) is 5.92 Å². The number of aromatic amines is 1. The molecule has 4 rings (SSSR count). The molecule has 0 radical (unpaired) electrons. The Kier molecular flexibility index (Phi) is 7.74. The SMILES string of the molecule is CC(C)COc1cccc2[nH]c(C(=O)NC3CCN(CCN4CCCCC4C)CC3)cc12. The van der Waals surface area contributed by atoms with Gasteiger partial charge in [0.2, 0.25) is 0 Å². The lowest BCUT2D eigenvalue weighted by Gasteiger charge is -2.37. The largest absolute Gasteiger partial charge is 0.493 e. The highest BCUT2D eigenvalue weighted by Gasteiger charge is 2.24. The van der Waals surface area contributed by atoms with E-state index in [9.17, 15) is 4.79 Å². The van der Waals surface area contributed by atoms with Crippen molar-refractivity contribution in [1.29, 1.82) is 0 Å². The second-order valence-corrected chi connectivity index (χ2v) is 10.1. The van der Waals surface area contributed by atoms with Crippen LogP contribution in [0.25, 0.3) is 10.9 Å². The predicted octanol–water partition coefficient (Wildman–Crippen LogP) is 4.27. The Bertz CT molecular complexity index is 885. The Morgan fingerprint density at radius 3 is 2.72 bits per heavy atom. The van der Waals surface area contributed by atoms with Crippen LogP contribution in [0.1, 0.15) is 63.4 Å². The zero-order valence-electron chi connectivity index (χ0n) is 20.0. The fraction of sp³-hybridized carbons (Fsp3) is 0.654. The summed E-state index contributed by atoms with van der Waals surface area (Å²) < 4.78 is 5.95. The van der Waals surface area contributed by atoms with Crippen molar-refractivity contribution in [2.75, 3.05) is 39.3 Å². The molecule has 1 unspecified atom stereocenters. The number of piperidine rings is 2. The zero-order chi connectivity index (χ0) is 22.5. The van der Waals surface area contributed by atoms with E-state index in [4.69, 9.17) is 4.74 Å². The second kappa shape index (κ2) is 10.7. The van der Waals surface area contributed by atoms with Crippen LogP contribution >= 0.6 is 0 Å². The summed E-state index contributed by atoms with van der Waals surface area (Å²) >= 11 is 0. The van der Waals surface area contributed by atoms with Gasteiger partial charge < -0.3 is 19.9 Å². The van der Waals surface area contributed by atoms with Gasteiger partial charge in [-0.15, -0.1) is 0 Å². The first-order valence-corrected chi connectivity index (χ1v) is 12.5. The summed E-state index contributed by atoms with van der Waals surface area (Å²) in [5.74, 6) is 1.28. The molecule has 2 N–H and O–H groups in total. The lowest BCUT2D eigenvalue weighted by Crippen LogP contribution is -2.48. The smallest absolute Gasteiger partial charge is 0.267 e. The molecule has 0 spiro atoms. The van der Waals surface area contributed by atoms with Gasteiger partial charge in [0, 0.05) is 49.2 Å². The van der Waals surface area contributed by atoms with Crippen molar-refractivity contribution in [3.8, 4) is 5.75 Å². The van der Waals surface area contributed by atoms with Gasteiger partial charge in [-0.2, -0.15) is 0 Å². The van der Waals surface area contributed by atoms with Gasteiger partial charge in [0.1, 0.15) is 11.4 Å². The molecule has 1 aromatic heterocycles. The molecule has 0 saturated carbocycles. The Hall–Kier alpha value is -2.05. The lowest BCUT2D eigenvalue weighted by atomic mass is 10.0. The van der Waals surface area contributed by atoms with Gasteiger partial charge in [0.15, 0.2) is 0 Å². The summed E-state index contributed by atoms with van der Waals surface area (Å²) in [6.45, 7) is 13.0. The molecule has 32 heavy (non-hydrogen) atoms. The molecule has 2 aromatic rings. The first kappa shape index (κ1) is 23.1. The highest BCUT2D eigenvalue weighted by Crippen LogP contribution is 2.27. The predicted molar refractivity (Wildman–Crippen MR) is 130 cm³/mol. The number of amides is 1. The number of carbonyl (C=O) groups is 1. The minimum atomic E-state index is -0.0170. The average Bonchev–Trinajstić information content (AvgIpc) is 3.23. The molecule has 6 heteroatoms. The standard InChI is InChI=1S/C26H40N4O2/c1-19(2)18-32-25-9-6-8-23-22(25)17-24(28-23)26(31)27-21-10-13-29(14-11-21)15-16-30-12-5-4-7-20(30)3/h6,8-9,17,19-21,28H,4-5,7,10-16,18H2,1-3H3,(H,27,31). The monoisotopic (exact) mass is 440 g/mol. The number of nitrogens with zero attached hydrogens (tertiary/aromatic N) is 2. The highest BCUT2D eigenvalue weighted by molar-refractivity contribution is 5.99. The van der Waals surface area contributed by atoms with E-state index in [1.54, 1.807) is 0 Å². The average molecular weight is 441 g/mol. The maximum absolute atomic E-state index is 12.9. The molecule has 1 atom stereocenters. The van der Waals surface area contributed by atoms with Gasteiger partial charge in [0.25, 0.3) is 5.91 Å². The first-order valence-electron chi connectivity index (χ1n) is 12.5. The van der Waals surface area contributed by atoms with Crippen LogP contribution in [0.15, 0.2) is 24.3 Å². The molecule has 1 amide bonds. The van der Waals surface area contributed by atoms with Crippen LogP contribution in [-0.4, -0.2) is 72.1 Å². The summed E-state index contributed by atoms with van der Waals surface area (Å²) in [6, 6.07) is 8.84. The molecule has 0 bridgehead atoms. The van der Waals surface area contributed by atoms with E-state index in [0.29, 0.717) is 18.2 Å². The Morgan fingerprint density at radius 1 is 1.16 bits per heavy atom. The maximum atomic E-state index is 12.9. The van der Waals surface area contributed by atoms with Gasteiger partial charge in [-0.3, -0.25) is 9.69 Å². The molecule has 2 aliphatic rings. The normalized spacial score (nSPS) is 21.3.